The van der Waals surface area contributed by atoms with Gasteiger partial charge in [-0.2, -0.15) is 0 Å². The standard InChI is InChI=1S/C11H15NO2/c13-10(8-12-6-7-12)9-14-11-4-2-1-3-5-11/h1-5,10,13H,6-9H2. The first-order chi connectivity index (χ1) is 6.84. The highest BCUT2D eigenvalue weighted by Gasteiger charge is 2.20. The molecule has 1 atom stereocenters. The topological polar surface area (TPSA) is 32.5 Å². The molecule has 1 N–H and O–H groups in total. The molecule has 76 valence electrons. The molecule has 1 aliphatic rings. The number of aliphatic hydroxyl groups excluding tert-OH is 1. The van der Waals surface area contributed by atoms with Gasteiger partial charge in [-0.25, -0.2) is 0 Å². The lowest BCUT2D eigenvalue weighted by molar-refractivity contribution is 0.0943. The Balaban J connectivity index is 1.70. The highest BCUT2D eigenvalue weighted by Crippen LogP contribution is 2.10. The van der Waals surface area contributed by atoms with E-state index in [1.54, 1.807) is 0 Å². The SMILES string of the molecule is OC(COc1ccccc1)CN1CC1. The molecule has 1 saturated heterocycles. The van der Waals surface area contributed by atoms with Crippen molar-refractivity contribution < 1.29 is 9.84 Å². The summed E-state index contributed by atoms with van der Waals surface area (Å²) >= 11 is 0. The van der Waals surface area contributed by atoms with Crippen LogP contribution in [-0.4, -0.2) is 42.4 Å². The fourth-order valence-corrected chi connectivity index (χ4v) is 1.31. The van der Waals surface area contributed by atoms with Crippen LogP contribution in [0.4, 0.5) is 0 Å². The van der Waals surface area contributed by atoms with Crippen LogP contribution in [0.5, 0.6) is 5.75 Å². The molecule has 3 nitrogen and oxygen atoms in total. The number of nitrogens with zero attached hydrogens (tertiary/aromatic N) is 1. The molecule has 1 unspecified atom stereocenters. The molecule has 0 radical (unpaired) electrons. The summed E-state index contributed by atoms with van der Waals surface area (Å²) in [5.74, 6) is 0.817. The van der Waals surface area contributed by atoms with Crippen LogP contribution in [0.25, 0.3) is 0 Å². The van der Waals surface area contributed by atoms with E-state index in [0.29, 0.717) is 6.61 Å². The normalized spacial score (nSPS) is 17.8. The maximum absolute atomic E-state index is 9.55. The third-order valence-corrected chi connectivity index (χ3v) is 2.19. The molecule has 0 amide bonds. The number of hydrogen-bond donors (Lipinski definition) is 1. The Labute approximate surface area is 83.9 Å². The van der Waals surface area contributed by atoms with E-state index in [2.05, 4.69) is 4.90 Å². The summed E-state index contributed by atoms with van der Waals surface area (Å²) in [6, 6.07) is 9.58. The van der Waals surface area contributed by atoms with E-state index < -0.39 is 0 Å². The molecular formula is C11H15NO2. The minimum atomic E-state index is -0.377. The van der Waals surface area contributed by atoms with Gasteiger partial charge in [0.2, 0.25) is 0 Å². The van der Waals surface area contributed by atoms with E-state index in [9.17, 15) is 5.11 Å². The first-order valence-corrected chi connectivity index (χ1v) is 4.93. The largest absolute Gasteiger partial charge is 0.491 e. The zero-order valence-electron chi connectivity index (χ0n) is 8.10. The first kappa shape index (κ1) is 9.49. The molecule has 0 saturated carbocycles. The molecule has 14 heavy (non-hydrogen) atoms. The molecule has 0 aliphatic carbocycles. The Hall–Kier alpha value is -1.06. The van der Waals surface area contributed by atoms with Crippen LogP contribution in [0.2, 0.25) is 0 Å². The second kappa shape index (κ2) is 4.44. The number of ether oxygens (including phenoxy) is 1. The van der Waals surface area contributed by atoms with Gasteiger partial charge in [0.25, 0.3) is 0 Å². The fraction of sp³-hybridized carbons (Fsp3) is 0.455. The van der Waals surface area contributed by atoms with Gasteiger partial charge in [-0.15, -0.1) is 0 Å². The van der Waals surface area contributed by atoms with Crippen LogP contribution >= 0.6 is 0 Å². The van der Waals surface area contributed by atoms with E-state index >= 15 is 0 Å². The Morgan fingerprint density at radius 2 is 2.00 bits per heavy atom. The van der Waals surface area contributed by atoms with Crippen LogP contribution < -0.4 is 4.74 Å². The van der Waals surface area contributed by atoms with Crippen LogP contribution in [0, 0.1) is 0 Å². The van der Waals surface area contributed by atoms with Crippen molar-refractivity contribution in [2.24, 2.45) is 0 Å². The number of para-hydroxylation sites is 1. The lowest BCUT2D eigenvalue weighted by atomic mass is 10.3. The third kappa shape index (κ3) is 3.01. The van der Waals surface area contributed by atoms with Gasteiger partial charge in [-0.3, -0.25) is 4.90 Å². The van der Waals surface area contributed by atoms with E-state index in [-0.39, 0.29) is 6.10 Å². The summed E-state index contributed by atoms with van der Waals surface area (Å²) in [5, 5.41) is 9.55. The highest BCUT2D eigenvalue weighted by molar-refractivity contribution is 5.20. The average molecular weight is 193 g/mol. The molecule has 2 rings (SSSR count). The van der Waals surface area contributed by atoms with E-state index in [1.807, 2.05) is 30.3 Å². The van der Waals surface area contributed by atoms with Crippen molar-refractivity contribution in [3.8, 4) is 5.75 Å². The van der Waals surface area contributed by atoms with Crippen molar-refractivity contribution >= 4 is 0 Å². The van der Waals surface area contributed by atoms with Crippen molar-refractivity contribution in [3.63, 3.8) is 0 Å². The van der Waals surface area contributed by atoms with Crippen LogP contribution in [0.3, 0.4) is 0 Å². The van der Waals surface area contributed by atoms with Gasteiger partial charge in [-0.05, 0) is 12.1 Å². The highest BCUT2D eigenvalue weighted by atomic mass is 16.5. The minimum Gasteiger partial charge on any atom is -0.491 e. The number of rotatable bonds is 5. The molecule has 1 aromatic rings. The maximum atomic E-state index is 9.55. The van der Waals surface area contributed by atoms with Crippen molar-refractivity contribution in [3.05, 3.63) is 30.3 Å². The predicted octanol–water partition coefficient (Wildman–Crippen LogP) is 0.742. The van der Waals surface area contributed by atoms with Crippen LogP contribution in [0.1, 0.15) is 0 Å². The molecule has 1 aliphatic heterocycles. The Morgan fingerprint density at radius 3 is 2.64 bits per heavy atom. The van der Waals surface area contributed by atoms with Crippen molar-refractivity contribution in [2.45, 2.75) is 6.10 Å². The molecular weight excluding hydrogens is 178 g/mol. The zero-order chi connectivity index (χ0) is 9.80. The number of β-amino-alcohol motifs (C(OH)–C–C–N with tert-alkyl or cyclic N) is 1. The molecule has 0 spiro atoms. The summed E-state index contributed by atoms with van der Waals surface area (Å²) in [7, 11) is 0. The molecule has 0 aromatic heterocycles. The van der Waals surface area contributed by atoms with Gasteiger partial charge < -0.3 is 9.84 Å². The zero-order valence-corrected chi connectivity index (χ0v) is 8.10. The fourth-order valence-electron chi connectivity index (χ4n) is 1.31. The Kier molecular flexibility index (Phi) is 3.01. The smallest absolute Gasteiger partial charge is 0.119 e. The predicted molar refractivity (Wildman–Crippen MR) is 54.4 cm³/mol. The van der Waals surface area contributed by atoms with Crippen molar-refractivity contribution in [1.29, 1.82) is 0 Å². The molecule has 1 heterocycles. The summed E-state index contributed by atoms with van der Waals surface area (Å²) in [6.45, 7) is 3.33. The van der Waals surface area contributed by atoms with E-state index in [1.165, 1.54) is 0 Å². The van der Waals surface area contributed by atoms with E-state index in [0.717, 1.165) is 25.4 Å². The quantitative estimate of drug-likeness (QED) is 0.700. The number of hydrogen-bond acceptors (Lipinski definition) is 3. The molecule has 1 aromatic carbocycles. The molecule has 0 bridgehead atoms. The number of benzene rings is 1. The molecule has 3 heteroatoms. The molecule has 1 fully saturated rings. The van der Waals surface area contributed by atoms with Crippen molar-refractivity contribution in [2.75, 3.05) is 26.2 Å². The summed E-state index contributed by atoms with van der Waals surface area (Å²) in [5.41, 5.74) is 0. The van der Waals surface area contributed by atoms with Crippen LogP contribution in [-0.2, 0) is 0 Å². The lowest BCUT2D eigenvalue weighted by Gasteiger charge is -2.12. The van der Waals surface area contributed by atoms with Gasteiger partial charge in [0, 0.05) is 19.6 Å². The monoisotopic (exact) mass is 193 g/mol. The van der Waals surface area contributed by atoms with Gasteiger partial charge in [0.15, 0.2) is 0 Å². The van der Waals surface area contributed by atoms with E-state index in [4.69, 9.17) is 4.74 Å². The van der Waals surface area contributed by atoms with Gasteiger partial charge in [-0.1, -0.05) is 18.2 Å². The minimum absolute atomic E-state index is 0.376. The van der Waals surface area contributed by atoms with Gasteiger partial charge >= 0.3 is 0 Å². The lowest BCUT2D eigenvalue weighted by Crippen LogP contribution is -2.25. The first-order valence-electron chi connectivity index (χ1n) is 4.93. The van der Waals surface area contributed by atoms with Crippen molar-refractivity contribution in [1.82, 2.24) is 4.90 Å². The van der Waals surface area contributed by atoms with Gasteiger partial charge in [0.1, 0.15) is 18.5 Å². The average Bonchev–Trinajstić information content (AvgIpc) is 3.00. The van der Waals surface area contributed by atoms with Crippen LogP contribution in [0.15, 0.2) is 30.3 Å². The second-order valence-electron chi connectivity index (χ2n) is 3.58. The van der Waals surface area contributed by atoms with Gasteiger partial charge in [0.05, 0.1) is 0 Å². The Bertz CT molecular complexity index is 272. The summed E-state index contributed by atoms with van der Waals surface area (Å²) in [6.07, 6.45) is -0.377. The summed E-state index contributed by atoms with van der Waals surface area (Å²) in [4.78, 5) is 2.18. The third-order valence-electron chi connectivity index (χ3n) is 2.19. The Morgan fingerprint density at radius 1 is 1.29 bits per heavy atom. The number of aliphatic hydroxyl groups is 1. The second-order valence-corrected chi connectivity index (χ2v) is 3.58. The maximum Gasteiger partial charge on any atom is 0.119 e. The summed E-state index contributed by atoms with van der Waals surface area (Å²) < 4.78 is 5.42.